The summed E-state index contributed by atoms with van der Waals surface area (Å²) in [4.78, 5) is 15.2. The van der Waals surface area contributed by atoms with E-state index in [-0.39, 0.29) is 30.7 Å². The number of rotatable bonds is 5. The van der Waals surface area contributed by atoms with Gasteiger partial charge in [-0.05, 0) is 39.9 Å². The Morgan fingerprint density at radius 1 is 0.919 bits per heavy atom. The fraction of sp³-hybridized carbons (Fsp3) is 0.367. The van der Waals surface area contributed by atoms with Crippen LogP contribution in [0.5, 0.6) is 11.5 Å². The number of methoxy groups -OCH3 is 2. The van der Waals surface area contributed by atoms with Crippen LogP contribution in [0.1, 0.15) is 35.4 Å². The van der Waals surface area contributed by atoms with Crippen molar-refractivity contribution in [3.63, 3.8) is 0 Å². The highest BCUT2D eigenvalue weighted by Crippen LogP contribution is 2.46. The van der Waals surface area contributed by atoms with Crippen LogP contribution in [0.15, 0.2) is 66.7 Å². The van der Waals surface area contributed by atoms with Crippen molar-refractivity contribution in [3.05, 3.63) is 83.4 Å². The predicted octanol–water partition coefficient (Wildman–Crippen LogP) is 4.70. The van der Waals surface area contributed by atoms with E-state index in [2.05, 4.69) is 24.3 Å². The molecule has 2 saturated heterocycles. The number of piperidine rings is 1. The van der Waals surface area contributed by atoms with Crippen molar-refractivity contribution in [3.8, 4) is 22.6 Å². The summed E-state index contributed by atoms with van der Waals surface area (Å²) < 4.78 is 22.6. The molecule has 2 fully saturated rings. The molecule has 2 bridgehead atoms. The number of amides is 1. The lowest BCUT2D eigenvalue weighted by molar-refractivity contribution is -0.136. The lowest BCUT2D eigenvalue weighted by Gasteiger charge is -2.51. The highest BCUT2D eigenvalue weighted by atomic mass is 16.6. The quantitative estimate of drug-likeness (QED) is 0.546. The van der Waals surface area contributed by atoms with Crippen molar-refractivity contribution < 1.29 is 28.8 Å². The minimum atomic E-state index is -1.14. The van der Waals surface area contributed by atoms with E-state index in [4.69, 9.17) is 18.9 Å². The first-order chi connectivity index (χ1) is 18.0. The van der Waals surface area contributed by atoms with Crippen LogP contribution in [0, 0.1) is 0 Å². The van der Waals surface area contributed by atoms with Gasteiger partial charge in [-0.1, -0.05) is 48.5 Å². The summed E-state index contributed by atoms with van der Waals surface area (Å²) in [6.45, 7) is 0.967. The van der Waals surface area contributed by atoms with Gasteiger partial charge >= 0.3 is 6.09 Å². The van der Waals surface area contributed by atoms with Crippen LogP contribution in [0.25, 0.3) is 11.1 Å². The smallest absolute Gasteiger partial charge is 0.410 e. The first-order valence-corrected chi connectivity index (χ1v) is 12.7. The molecule has 1 N–H and O–H groups in total. The molecule has 1 amide bonds. The second-order valence-corrected chi connectivity index (χ2v) is 10.1. The SMILES string of the molecule is COc1cc(OC)cc(C2(O)CC3COCC(C2)N3C(=O)OCC2c3ccccc3-c3ccccc32)c1. The highest BCUT2D eigenvalue weighted by molar-refractivity contribution is 5.79. The number of benzene rings is 3. The summed E-state index contributed by atoms with van der Waals surface area (Å²) in [5.41, 5.74) is 4.33. The third-order valence-electron chi connectivity index (χ3n) is 7.99. The zero-order chi connectivity index (χ0) is 25.6. The van der Waals surface area contributed by atoms with Crippen molar-refractivity contribution in [2.45, 2.75) is 36.4 Å². The number of carbonyl (C=O) groups excluding carboxylic acids is 1. The molecule has 7 nitrogen and oxygen atoms in total. The molecule has 192 valence electrons. The van der Waals surface area contributed by atoms with E-state index in [9.17, 15) is 9.90 Å². The Balaban J connectivity index is 1.21. The summed E-state index contributed by atoms with van der Waals surface area (Å²) in [5.74, 6) is 1.23. The van der Waals surface area contributed by atoms with Crippen LogP contribution < -0.4 is 9.47 Å². The molecule has 3 aromatic rings. The molecule has 2 unspecified atom stereocenters. The summed E-state index contributed by atoms with van der Waals surface area (Å²) in [7, 11) is 3.18. The normalized spacial score (nSPS) is 24.2. The zero-order valence-corrected chi connectivity index (χ0v) is 21.1. The topological polar surface area (TPSA) is 77.5 Å². The molecule has 3 aromatic carbocycles. The Hall–Kier alpha value is -3.55. The molecule has 0 radical (unpaired) electrons. The maximum Gasteiger partial charge on any atom is 0.410 e. The van der Waals surface area contributed by atoms with Crippen LogP contribution in [0.2, 0.25) is 0 Å². The molecule has 37 heavy (non-hydrogen) atoms. The molecule has 6 rings (SSSR count). The van der Waals surface area contributed by atoms with Crippen LogP contribution in [0.4, 0.5) is 4.79 Å². The van der Waals surface area contributed by atoms with Gasteiger partial charge in [0.25, 0.3) is 0 Å². The number of hydrogen-bond acceptors (Lipinski definition) is 6. The molecule has 0 spiro atoms. The highest BCUT2D eigenvalue weighted by Gasteiger charge is 2.50. The third kappa shape index (κ3) is 4.12. The largest absolute Gasteiger partial charge is 0.497 e. The zero-order valence-electron chi connectivity index (χ0n) is 21.1. The fourth-order valence-corrected chi connectivity index (χ4v) is 6.25. The minimum Gasteiger partial charge on any atom is -0.497 e. The number of nitrogens with zero attached hydrogens (tertiary/aromatic N) is 1. The summed E-state index contributed by atoms with van der Waals surface area (Å²) in [6.07, 6.45) is 0.319. The van der Waals surface area contributed by atoms with E-state index >= 15 is 0 Å². The van der Waals surface area contributed by atoms with Gasteiger partial charge in [0.15, 0.2) is 0 Å². The molecule has 3 aliphatic rings. The van der Waals surface area contributed by atoms with Crippen LogP contribution >= 0.6 is 0 Å². The first kappa shape index (κ1) is 23.8. The average molecular weight is 502 g/mol. The molecule has 2 heterocycles. The van der Waals surface area contributed by atoms with E-state index in [1.807, 2.05) is 36.4 Å². The van der Waals surface area contributed by atoms with Crippen LogP contribution in [0.3, 0.4) is 0 Å². The van der Waals surface area contributed by atoms with Gasteiger partial charge in [-0.15, -0.1) is 0 Å². The Morgan fingerprint density at radius 3 is 2.00 bits per heavy atom. The lowest BCUT2D eigenvalue weighted by Crippen LogP contribution is -2.62. The van der Waals surface area contributed by atoms with E-state index in [1.54, 1.807) is 25.2 Å². The van der Waals surface area contributed by atoms with Gasteiger partial charge in [-0.2, -0.15) is 0 Å². The van der Waals surface area contributed by atoms with Crippen molar-refractivity contribution >= 4 is 6.09 Å². The summed E-state index contributed by atoms with van der Waals surface area (Å²) >= 11 is 0. The van der Waals surface area contributed by atoms with Gasteiger partial charge in [-0.3, -0.25) is 4.90 Å². The lowest BCUT2D eigenvalue weighted by atomic mass is 9.77. The van der Waals surface area contributed by atoms with Gasteiger partial charge in [0.1, 0.15) is 18.1 Å². The molecular formula is C30H31NO6. The Kier molecular flexibility index (Phi) is 6.05. The molecule has 0 saturated carbocycles. The van der Waals surface area contributed by atoms with Gasteiger partial charge in [0.2, 0.25) is 0 Å². The molecular weight excluding hydrogens is 470 g/mol. The fourth-order valence-electron chi connectivity index (χ4n) is 6.25. The number of hydrogen-bond donors (Lipinski definition) is 1. The molecule has 7 heteroatoms. The second-order valence-electron chi connectivity index (χ2n) is 10.1. The summed E-state index contributed by atoms with van der Waals surface area (Å²) in [6, 6.07) is 21.5. The van der Waals surface area contributed by atoms with E-state index in [0.29, 0.717) is 43.1 Å². The van der Waals surface area contributed by atoms with Gasteiger partial charge in [0, 0.05) is 24.8 Å². The first-order valence-electron chi connectivity index (χ1n) is 12.7. The Morgan fingerprint density at radius 2 is 1.46 bits per heavy atom. The number of fused-ring (bicyclic) bond motifs is 5. The monoisotopic (exact) mass is 501 g/mol. The van der Waals surface area contributed by atoms with Crippen LogP contribution in [-0.4, -0.2) is 62.2 Å². The van der Waals surface area contributed by atoms with Crippen molar-refractivity contribution in [2.75, 3.05) is 34.0 Å². The standard InChI is InChI=1S/C30H31NO6/c1-34-22-11-19(12-23(13-22)35-2)30(33)14-20-16-36-17-21(15-30)31(20)29(32)37-18-28-26-9-5-3-7-24(26)25-8-4-6-10-27(25)28/h3-13,20-21,28,33H,14-18H2,1-2H3. The molecule has 1 aliphatic carbocycles. The van der Waals surface area contributed by atoms with Gasteiger partial charge < -0.3 is 24.1 Å². The van der Waals surface area contributed by atoms with Gasteiger partial charge in [0.05, 0.1) is 45.1 Å². The van der Waals surface area contributed by atoms with Crippen LogP contribution in [-0.2, 0) is 15.1 Å². The van der Waals surface area contributed by atoms with Crippen molar-refractivity contribution in [2.24, 2.45) is 0 Å². The maximum atomic E-state index is 13.5. The third-order valence-corrected chi connectivity index (χ3v) is 7.99. The molecule has 2 aliphatic heterocycles. The van der Waals surface area contributed by atoms with E-state index < -0.39 is 5.60 Å². The predicted molar refractivity (Wildman–Crippen MR) is 138 cm³/mol. The molecule has 0 aromatic heterocycles. The number of morpholine rings is 1. The Bertz CT molecular complexity index is 1240. The Labute approximate surface area is 216 Å². The molecule has 2 atom stereocenters. The number of ether oxygens (including phenoxy) is 4. The van der Waals surface area contributed by atoms with Crippen molar-refractivity contribution in [1.82, 2.24) is 4.90 Å². The van der Waals surface area contributed by atoms with E-state index in [0.717, 1.165) is 0 Å². The summed E-state index contributed by atoms with van der Waals surface area (Å²) in [5, 5.41) is 11.8. The van der Waals surface area contributed by atoms with Gasteiger partial charge in [-0.25, -0.2) is 4.79 Å². The van der Waals surface area contributed by atoms with Crippen molar-refractivity contribution in [1.29, 1.82) is 0 Å². The number of carbonyl (C=O) groups is 1. The maximum absolute atomic E-state index is 13.5. The number of aliphatic hydroxyl groups is 1. The minimum absolute atomic E-state index is 0.00147. The average Bonchev–Trinajstić information content (AvgIpc) is 3.24. The van der Waals surface area contributed by atoms with E-state index in [1.165, 1.54) is 22.3 Å². The second kappa shape index (κ2) is 9.39.